The van der Waals surface area contributed by atoms with E-state index >= 15 is 0 Å². The van der Waals surface area contributed by atoms with Crippen LogP contribution in [0.2, 0.25) is 0 Å². The maximum atomic E-state index is 9.32. The third-order valence-corrected chi connectivity index (χ3v) is 4.03. The fourth-order valence-electron chi connectivity index (χ4n) is 2.61. The molecule has 1 aromatic heterocycles. The summed E-state index contributed by atoms with van der Waals surface area (Å²) >= 11 is 0. The Morgan fingerprint density at radius 3 is 2.75 bits per heavy atom. The van der Waals surface area contributed by atoms with E-state index in [1.165, 1.54) is 0 Å². The molecule has 2 heterocycles. The van der Waals surface area contributed by atoms with Crippen LogP contribution in [0.25, 0.3) is 12.2 Å². The summed E-state index contributed by atoms with van der Waals surface area (Å²) in [6, 6.07) is 9.83. The van der Waals surface area contributed by atoms with Gasteiger partial charge in [0.05, 0.1) is 7.11 Å². The zero-order chi connectivity index (χ0) is 16.9. The van der Waals surface area contributed by atoms with Crippen molar-refractivity contribution in [2.75, 3.05) is 45.2 Å². The Kier molecular flexibility index (Phi) is 4.82. The number of nitriles is 1. The Labute approximate surface area is 141 Å². The quantitative estimate of drug-likeness (QED) is 0.861. The first-order valence-corrected chi connectivity index (χ1v) is 7.86. The second-order valence-corrected chi connectivity index (χ2v) is 5.72. The van der Waals surface area contributed by atoms with Gasteiger partial charge in [-0.2, -0.15) is 10.2 Å². The predicted molar refractivity (Wildman–Crippen MR) is 92.9 cm³/mol. The van der Waals surface area contributed by atoms with E-state index in [1.807, 2.05) is 30.3 Å². The highest BCUT2D eigenvalue weighted by Crippen LogP contribution is 2.24. The van der Waals surface area contributed by atoms with Crippen LogP contribution in [-0.2, 0) is 0 Å². The molecule has 3 rings (SSSR count). The molecular weight excluding hydrogens is 304 g/mol. The number of ether oxygens (including phenoxy) is 1. The van der Waals surface area contributed by atoms with Crippen molar-refractivity contribution in [3.05, 3.63) is 41.4 Å². The highest BCUT2D eigenvalue weighted by Gasteiger charge is 2.22. The van der Waals surface area contributed by atoms with E-state index in [9.17, 15) is 5.26 Å². The minimum atomic E-state index is 0.338. The average Bonchev–Trinajstić information content (AvgIpc) is 3.04. The van der Waals surface area contributed by atoms with Gasteiger partial charge >= 0.3 is 0 Å². The van der Waals surface area contributed by atoms with Gasteiger partial charge in [0.1, 0.15) is 11.8 Å². The minimum Gasteiger partial charge on any atom is -0.497 e. The Morgan fingerprint density at radius 2 is 2.04 bits per heavy atom. The Morgan fingerprint density at radius 1 is 1.25 bits per heavy atom. The van der Waals surface area contributed by atoms with Crippen LogP contribution in [0.15, 0.2) is 28.7 Å². The number of aromatic nitrogens is 1. The number of likely N-dealkylation sites (N-methyl/N-ethyl adjacent to an activating group) is 1. The third kappa shape index (κ3) is 3.58. The van der Waals surface area contributed by atoms with Crippen LogP contribution in [0.1, 0.15) is 17.1 Å². The topological polar surface area (TPSA) is 65.5 Å². The average molecular weight is 324 g/mol. The largest absolute Gasteiger partial charge is 0.497 e. The van der Waals surface area contributed by atoms with Crippen LogP contribution in [0.4, 0.5) is 5.88 Å². The van der Waals surface area contributed by atoms with Gasteiger partial charge in [-0.15, -0.1) is 0 Å². The molecule has 0 N–H and O–H groups in total. The van der Waals surface area contributed by atoms with Crippen LogP contribution in [0, 0.1) is 11.3 Å². The van der Waals surface area contributed by atoms with Gasteiger partial charge in [-0.3, -0.25) is 0 Å². The minimum absolute atomic E-state index is 0.338. The maximum Gasteiger partial charge on any atom is 0.235 e. The molecule has 0 aliphatic carbocycles. The molecule has 6 nitrogen and oxygen atoms in total. The van der Waals surface area contributed by atoms with Gasteiger partial charge in [-0.1, -0.05) is 12.1 Å². The summed E-state index contributed by atoms with van der Waals surface area (Å²) in [7, 11) is 3.73. The summed E-state index contributed by atoms with van der Waals surface area (Å²) in [6.45, 7) is 3.56. The summed E-state index contributed by atoms with van der Waals surface area (Å²) in [5.41, 5.74) is 1.32. The van der Waals surface area contributed by atoms with Gasteiger partial charge in [0.15, 0.2) is 0 Å². The first-order chi connectivity index (χ1) is 11.7. The number of nitrogens with zero attached hydrogens (tertiary/aromatic N) is 4. The van der Waals surface area contributed by atoms with E-state index in [4.69, 9.17) is 9.15 Å². The lowest BCUT2D eigenvalue weighted by molar-refractivity contribution is 0.306. The van der Waals surface area contributed by atoms with Crippen molar-refractivity contribution in [2.24, 2.45) is 0 Å². The summed E-state index contributed by atoms with van der Waals surface area (Å²) in [5.74, 6) is 1.79. The molecule has 1 fully saturated rings. The predicted octanol–water partition coefficient (Wildman–Crippen LogP) is 2.48. The van der Waals surface area contributed by atoms with E-state index in [0.717, 1.165) is 37.5 Å². The molecular formula is C18H20N4O2. The fourth-order valence-corrected chi connectivity index (χ4v) is 2.61. The highest BCUT2D eigenvalue weighted by molar-refractivity contribution is 5.68. The Balaban J connectivity index is 1.79. The molecule has 0 atom stereocenters. The van der Waals surface area contributed by atoms with E-state index in [-0.39, 0.29) is 0 Å². The van der Waals surface area contributed by atoms with Crippen molar-refractivity contribution < 1.29 is 9.15 Å². The lowest BCUT2D eigenvalue weighted by Gasteiger charge is -2.31. The van der Waals surface area contributed by atoms with Crippen LogP contribution in [0.5, 0.6) is 5.75 Å². The molecule has 1 saturated heterocycles. The molecule has 0 amide bonds. The van der Waals surface area contributed by atoms with Crippen LogP contribution in [0.3, 0.4) is 0 Å². The van der Waals surface area contributed by atoms with Crippen LogP contribution in [-0.4, -0.2) is 50.2 Å². The van der Waals surface area contributed by atoms with E-state index in [0.29, 0.717) is 17.5 Å². The number of piperazine rings is 1. The molecule has 0 unspecified atom stereocenters. The highest BCUT2D eigenvalue weighted by atomic mass is 16.5. The zero-order valence-electron chi connectivity index (χ0n) is 13.9. The molecule has 2 aromatic rings. The molecule has 0 spiro atoms. The summed E-state index contributed by atoms with van der Waals surface area (Å²) in [4.78, 5) is 8.61. The standard InChI is InChI=1S/C18H20N4O2/c1-21-8-10-22(11-9-21)18-16(13-19)20-17(24-18)7-6-14-4-3-5-15(12-14)23-2/h3-7,12H,8-11H2,1-2H3/b7-6+. The fraction of sp³-hybridized carbons (Fsp3) is 0.333. The normalized spacial score (nSPS) is 15.6. The number of benzene rings is 1. The molecule has 0 bridgehead atoms. The number of oxazole rings is 1. The molecule has 0 saturated carbocycles. The number of hydrogen-bond acceptors (Lipinski definition) is 6. The lowest BCUT2D eigenvalue weighted by Crippen LogP contribution is -2.44. The summed E-state index contributed by atoms with van der Waals surface area (Å²) < 4.78 is 11.0. The smallest absolute Gasteiger partial charge is 0.235 e. The van der Waals surface area contributed by atoms with Gasteiger partial charge in [0, 0.05) is 32.3 Å². The van der Waals surface area contributed by atoms with Crippen molar-refractivity contribution in [1.82, 2.24) is 9.88 Å². The van der Waals surface area contributed by atoms with Crippen molar-refractivity contribution in [1.29, 1.82) is 5.26 Å². The molecule has 1 aliphatic heterocycles. The van der Waals surface area contributed by atoms with Gasteiger partial charge in [-0.25, -0.2) is 0 Å². The first kappa shape index (κ1) is 16.1. The zero-order valence-corrected chi connectivity index (χ0v) is 13.9. The van der Waals surface area contributed by atoms with Crippen LogP contribution < -0.4 is 9.64 Å². The number of methoxy groups -OCH3 is 1. The summed E-state index contributed by atoms with van der Waals surface area (Å²) in [6.07, 6.45) is 3.67. The first-order valence-electron chi connectivity index (χ1n) is 7.86. The molecule has 124 valence electrons. The van der Waals surface area contributed by atoms with E-state index in [2.05, 4.69) is 27.9 Å². The SMILES string of the molecule is COc1cccc(/C=C/c2nc(C#N)c(N3CCN(C)CC3)o2)c1. The van der Waals surface area contributed by atoms with Gasteiger partial charge in [0.25, 0.3) is 0 Å². The molecule has 6 heteroatoms. The second-order valence-electron chi connectivity index (χ2n) is 5.72. The van der Waals surface area contributed by atoms with Crippen molar-refractivity contribution in [2.45, 2.75) is 0 Å². The lowest BCUT2D eigenvalue weighted by atomic mass is 10.2. The molecule has 24 heavy (non-hydrogen) atoms. The Hall–Kier alpha value is -2.78. The number of hydrogen-bond donors (Lipinski definition) is 0. The van der Waals surface area contributed by atoms with Crippen molar-refractivity contribution in [3.8, 4) is 11.8 Å². The monoisotopic (exact) mass is 324 g/mol. The summed E-state index contributed by atoms with van der Waals surface area (Å²) in [5, 5.41) is 9.32. The van der Waals surface area contributed by atoms with Gasteiger partial charge < -0.3 is 19.0 Å². The van der Waals surface area contributed by atoms with Crippen LogP contribution >= 0.6 is 0 Å². The van der Waals surface area contributed by atoms with E-state index < -0.39 is 0 Å². The van der Waals surface area contributed by atoms with Crippen molar-refractivity contribution in [3.63, 3.8) is 0 Å². The van der Waals surface area contributed by atoms with E-state index in [1.54, 1.807) is 13.2 Å². The molecule has 0 radical (unpaired) electrons. The third-order valence-electron chi connectivity index (χ3n) is 4.03. The second kappa shape index (κ2) is 7.20. The van der Waals surface area contributed by atoms with Gasteiger partial charge in [-0.05, 0) is 30.8 Å². The maximum absolute atomic E-state index is 9.32. The molecule has 1 aliphatic rings. The number of rotatable bonds is 4. The Bertz CT molecular complexity index is 768. The number of anilines is 1. The molecule has 1 aromatic carbocycles. The van der Waals surface area contributed by atoms with Gasteiger partial charge in [0.2, 0.25) is 17.5 Å². The van der Waals surface area contributed by atoms with Crippen molar-refractivity contribution >= 4 is 18.0 Å².